The van der Waals surface area contributed by atoms with Crippen LogP contribution in [0.25, 0.3) is 10.9 Å². The summed E-state index contributed by atoms with van der Waals surface area (Å²) in [7, 11) is 1.69. The molecule has 1 N–H and O–H groups in total. The summed E-state index contributed by atoms with van der Waals surface area (Å²) in [5, 5.41) is 13.9. The quantitative estimate of drug-likeness (QED) is 0.372. The number of H-pyrrole nitrogens is 1. The molecule has 2 atom stereocenters. The number of rotatable bonds is 8. The molecule has 0 bridgehead atoms. The van der Waals surface area contributed by atoms with E-state index in [1.807, 2.05) is 35.0 Å². The summed E-state index contributed by atoms with van der Waals surface area (Å²) in [6, 6.07) is 15.9. The minimum Gasteiger partial charge on any atom is -0.497 e. The van der Waals surface area contributed by atoms with Gasteiger partial charge in [-0.25, -0.2) is 4.68 Å². The number of tetrazole rings is 1. The normalized spacial score (nSPS) is 19.5. The number of methoxy groups -OCH3 is 1. The van der Waals surface area contributed by atoms with Crippen molar-refractivity contribution < 1.29 is 9.47 Å². The molecular formula is C29H35N7O3. The maximum absolute atomic E-state index is 13.5. The van der Waals surface area contributed by atoms with E-state index in [1.165, 1.54) is 5.56 Å². The van der Waals surface area contributed by atoms with Gasteiger partial charge in [-0.1, -0.05) is 23.8 Å². The molecule has 204 valence electrons. The second kappa shape index (κ2) is 11.3. The van der Waals surface area contributed by atoms with Gasteiger partial charge in [0.25, 0.3) is 5.56 Å². The number of ether oxygens (including phenoxy) is 2. The third-order valence-corrected chi connectivity index (χ3v) is 7.84. The lowest BCUT2D eigenvalue weighted by Crippen LogP contribution is -2.48. The van der Waals surface area contributed by atoms with Gasteiger partial charge in [0.2, 0.25) is 0 Å². The predicted octanol–water partition coefficient (Wildman–Crippen LogP) is 2.92. The van der Waals surface area contributed by atoms with Gasteiger partial charge in [-0.3, -0.25) is 14.6 Å². The van der Waals surface area contributed by atoms with Crippen LogP contribution in [0.2, 0.25) is 0 Å². The molecule has 10 nitrogen and oxygen atoms in total. The molecule has 2 unspecified atom stereocenters. The third-order valence-electron chi connectivity index (χ3n) is 7.84. The highest BCUT2D eigenvalue weighted by atomic mass is 16.5. The van der Waals surface area contributed by atoms with Crippen LogP contribution in [0.15, 0.2) is 53.3 Å². The third kappa shape index (κ3) is 5.59. The molecule has 2 aromatic heterocycles. The molecule has 2 saturated heterocycles. The second-order valence-corrected chi connectivity index (χ2v) is 10.6. The van der Waals surface area contributed by atoms with Crippen LogP contribution in [0.4, 0.5) is 0 Å². The van der Waals surface area contributed by atoms with Crippen LogP contribution in [-0.4, -0.2) is 81.0 Å². The molecule has 2 aromatic carbocycles. The molecule has 10 heteroatoms. The number of aromatic nitrogens is 5. The summed E-state index contributed by atoms with van der Waals surface area (Å²) in [4.78, 5) is 21.4. The number of piperazine rings is 1. The lowest BCUT2D eigenvalue weighted by Gasteiger charge is -2.38. The second-order valence-electron chi connectivity index (χ2n) is 10.6. The van der Waals surface area contributed by atoms with Gasteiger partial charge in [0.1, 0.15) is 11.8 Å². The first kappa shape index (κ1) is 25.7. The smallest absolute Gasteiger partial charge is 0.253 e. The predicted molar refractivity (Wildman–Crippen MR) is 148 cm³/mol. The van der Waals surface area contributed by atoms with Gasteiger partial charge < -0.3 is 14.5 Å². The standard InChI is InChI=1S/C29H35N7O3/c1-20-8-9-26-22(15-20)17-25(29(37)30-26)27(28-31-32-33-36(28)19-24-7-4-14-39-24)35-12-10-34(11-13-35)18-21-5-3-6-23(16-21)38-2/h3,5-6,8-9,15-17,24,27H,4,7,10-14,18-19H2,1-2H3,(H,30,37). The Kier molecular flexibility index (Phi) is 7.40. The number of fused-ring (bicyclic) bond motifs is 1. The van der Waals surface area contributed by atoms with Crippen molar-refractivity contribution in [2.24, 2.45) is 0 Å². The Balaban J connectivity index is 1.30. The van der Waals surface area contributed by atoms with Gasteiger partial charge >= 0.3 is 0 Å². The summed E-state index contributed by atoms with van der Waals surface area (Å²) >= 11 is 0. The van der Waals surface area contributed by atoms with Crippen LogP contribution in [0.5, 0.6) is 5.75 Å². The molecule has 6 rings (SSSR count). The van der Waals surface area contributed by atoms with Gasteiger partial charge in [0, 0.05) is 50.4 Å². The maximum Gasteiger partial charge on any atom is 0.253 e. The van der Waals surface area contributed by atoms with Gasteiger partial charge in [-0.05, 0) is 71.5 Å². The van der Waals surface area contributed by atoms with Crippen molar-refractivity contribution in [1.82, 2.24) is 35.0 Å². The van der Waals surface area contributed by atoms with Crippen LogP contribution in [-0.2, 0) is 17.8 Å². The summed E-state index contributed by atoms with van der Waals surface area (Å²) < 4.78 is 13.1. The van der Waals surface area contributed by atoms with Crippen molar-refractivity contribution in [2.45, 2.75) is 45.0 Å². The minimum atomic E-state index is -0.367. The van der Waals surface area contributed by atoms with Crippen molar-refractivity contribution in [2.75, 3.05) is 39.9 Å². The van der Waals surface area contributed by atoms with E-state index in [1.54, 1.807) is 7.11 Å². The maximum atomic E-state index is 13.5. The van der Waals surface area contributed by atoms with E-state index in [0.29, 0.717) is 17.9 Å². The Morgan fingerprint density at radius 2 is 2.00 bits per heavy atom. The van der Waals surface area contributed by atoms with Crippen molar-refractivity contribution in [3.05, 3.63) is 81.4 Å². The molecule has 39 heavy (non-hydrogen) atoms. The lowest BCUT2D eigenvalue weighted by molar-refractivity contribution is 0.0840. The van der Waals surface area contributed by atoms with Crippen molar-refractivity contribution >= 4 is 10.9 Å². The number of nitrogens with one attached hydrogen (secondary N) is 1. The van der Waals surface area contributed by atoms with E-state index in [-0.39, 0.29) is 17.7 Å². The van der Waals surface area contributed by atoms with E-state index in [0.717, 1.165) is 74.4 Å². The van der Waals surface area contributed by atoms with Crippen molar-refractivity contribution in [3.8, 4) is 5.75 Å². The van der Waals surface area contributed by atoms with E-state index in [2.05, 4.69) is 55.4 Å². The molecule has 0 aliphatic carbocycles. The Morgan fingerprint density at radius 3 is 2.79 bits per heavy atom. The van der Waals surface area contributed by atoms with Crippen LogP contribution in [0.3, 0.4) is 0 Å². The van der Waals surface area contributed by atoms with Crippen molar-refractivity contribution in [3.63, 3.8) is 0 Å². The fourth-order valence-corrected chi connectivity index (χ4v) is 5.77. The highest BCUT2D eigenvalue weighted by Gasteiger charge is 2.33. The molecular weight excluding hydrogens is 494 g/mol. The fourth-order valence-electron chi connectivity index (χ4n) is 5.77. The SMILES string of the molecule is COc1cccc(CN2CCN(C(c3cc4cc(C)ccc4[nH]c3=O)c3nnnn3CC3CCCO3)CC2)c1. The Hall–Kier alpha value is -3.60. The van der Waals surface area contributed by atoms with Crippen molar-refractivity contribution in [1.29, 1.82) is 0 Å². The number of hydrogen-bond donors (Lipinski definition) is 1. The number of nitrogens with zero attached hydrogens (tertiary/aromatic N) is 6. The number of pyridine rings is 1. The first-order valence-corrected chi connectivity index (χ1v) is 13.7. The molecule has 2 aliphatic heterocycles. The van der Waals surface area contributed by atoms with Crippen LogP contribution in [0.1, 0.15) is 41.4 Å². The zero-order valence-electron chi connectivity index (χ0n) is 22.5. The molecule has 0 amide bonds. The van der Waals surface area contributed by atoms with Gasteiger partial charge in [-0.2, -0.15) is 0 Å². The van der Waals surface area contributed by atoms with Crippen LogP contribution in [0, 0.1) is 6.92 Å². The Labute approximate surface area is 227 Å². The number of hydrogen-bond acceptors (Lipinski definition) is 8. The fraction of sp³-hybridized carbons (Fsp3) is 0.448. The lowest BCUT2D eigenvalue weighted by atomic mass is 10.0. The number of aromatic amines is 1. The molecule has 4 aromatic rings. The van der Waals surface area contributed by atoms with E-state index < -0.39 is 0 Å². The topological polar surface area (TPSA) is 101 Å². The molecule has 2 fully saturated rings. The molecule has 0 radical (unpaired) electrons. The number of benzene rings is 2. The largest absolute Gasteiger partial charge is 0.497 e. The average molecular weight is 530 g/mol. The molecule has 0 spiro atoms. The Bertz CT molecular complexity index is 1490. The first-order valence-electron chi connectivity index (χ1n) is 13.7. The highest BCUT2D eigenvalue weighted by molar-refractivity contribution is 5.79. The van der Waals surface area contributed by atoms with E-state index >= 15 is 0 Å². The van der Waals surface area contributed by atoms with Crippen LogP contribution < -0.4 is 10.3 Å². The monoisotopic (exact) mass is 529 g/mol. The number of aryl methyl sites for hydroxylation is 1. The summed E-state index contributed by atoms with van der Waals surface area (Å²) in [5.74, 6) is 1.55. The zero-order chi connectivity index (χ0) is 26.8. The molecule has 4 heterocycles. The minimum absolute atomic E-state index is 0.0881. The van der Waals surface area contributed by atoms with Gasteiger partial charge in [0.15, 0.2) is 5.82 Å². The molecule has 2 aliphatic rings. The van der Waals surface area contributed by atoms with Crippen LogP contribution >= 0.6 is 0 Å². The zero-order valence-corrected chi connectivity index (χ0v) is 22.5. The Morgan fingerprint density at radius 1 is 1.13 bits per heavy atom. The molecule has 0 saturated carbocycles. The summed E-state index contributed by atoms with van der Waals surface area (Å²) in [6.07, 6.45) is 2.12. The summed E-state index contributed by atoms with van der Waals surface area (Å²) in [5.41, 5.74) is 3.75. The first-order chi connectivity index (χ1) is 19.1. The summed E-state index contributed by atoms with van der Waals surface area (Å²) in [6.45, 7) is 7.56. The van der Waals surface area contributed by atoms with E-state index in [9.17, 15) is 4.79 Å². The van der Waals surface area contributed by atoms with Gasteiger partial charge in [-0.15, -0.1) is 5.10 Å². The van der Waals surface area contributed by atoms with Gasteiger partial charge in [0.05, 0.1) is 19.8 Å². The van der Waals surface area contributed by atoms with E-state index in [4.69, 9.17) is 9.47 Å². The highest BCUT2D eigenvalue weighted by Crippen LogP contribution is 2.29. The average Bonchev–Trinajstić information content (AvgIpc) is 3.63.